The number of rotatable bonds is 10. The van der Waals surface area contributed by atoms with E-state index in [1.54, 1.807) is 13.2 Å². The summed E-state index contributed by atoms with van der Waals surface area (Å²) in [5.41, 5.74) is 2.57. The highest BCUT2D eigenvalue weighted by Gasteiger charge is 2.14. The number of carbonyl (C=O) groups excluding carboxylic acids is 1. The molecule has 0 spiro atoms. The fraction of sp³-hybridized carbons (Fsp3) is 0.435. The standard InChI is InChI=1S/C23H31NO4/c1-6-27-21-12-11-18(23(25)24-17(4)14-26-5)13-19(21)15-28-22-10-8-7-9-20(22)16(2)3/h7-13,16-17H,6,14-15H2,1-5H3,(H,24,25). The monoisotopic (exact) mass is 385 g/mol. The summed E-state index contributed by atoms with van der Waals surface area (Å²) in [4.78, 5) is 12.5. The SMILES string of the molecule is CCOc1ccc(C(=O)NC(C)COC)cc1COc1ccccc1C(C)C. The predicted octanol–water partition coefficient (Wildman–Crippen LogP) is 4.55. The van der Waals surface area contributed by atoms with Crippen molar-refractivity contribution in [3.05, 3.63) is 59.2 Å². The molecule has 2 aromatic rings. The molecule has 0 saturated heterocycles. The molecule has 2 aromatic carbocycles. The van der Waals surface area contributed by atoms with Gasteiger partial charge in [-0.25, -0.2) is 0 Å². The van der Waals surface area contributed by atoms with Gasteiger partial charge in [-0.2, -0.15) is 0 Å². The van der Waals surface area contributed by atoms with Crippen LogP contribution in [0, 0.1) is 0 Å². The number of hydrogen-bond acceptors (Lipinski definition) is 4. The third kappa shape index (κ3) is 5.99. The maximum atomic E-state index is 12.5. The normalized spacial score (nSPS) is 11.9. The maximum Gasteiger partial charge on any atom is 0.251 e. The summed E-state index contributed by atoms with van der Waals surface area (Å²) in [6, 6.07) is 13.4. The van der Waals surface area contributed by atoms with Gasteiger partial charge in [0, 0.05) is 24.3 Å². The maximum absolute atomic E-state index is 12.5. The van der Waals surface area contributed by atoms with E-state index in [4.69, 9.17) is 14.2 Å². The first-order valence-electron chi connectivity index (χ1n) is 9.73. The smallest absolute Gasteiger partial charge is 0.251 e. The summed E-state index contributed by atoms with van der Waals surface area (Å²) in [5.74, 6) is 1.80. The highest BCUT2D eigenvalue weighted by atomic mass is 16.5. The van der Waals surface area contributed by atoms with Crippen LogP contribution in [0.1, 0.15) is 55.1 Å². The number of benzene rings is 2. The number of carbonyl (C=O) groups is 1. The zero-order valence-electron chi connectivity index (χ0n) is 17.5. The van der Waals surface area contributed by atoms with Crippen LogP contribution in [0.5, 0.6) is 11.5 Å². The quantitative estimate of drug-likeness (QED) is 0.652. The highest BCUT2D eigenvalue weighted by Crippen LogP contribution is 2.28. The summed E-state index contributed by atoms with van der Waals surface area (Å²) >= 11 is 0. The summed E-state index contributed by atoms with van der Waals surface area (Å²) in [6.45, 7) is 9.46. The molecule has 5 nitrogen and oxygen atoms in total. The van der Waals surface area contributed by atoms with Crippen LogP contribution in [0.2, 0.25) is 0 Å². The van der Waals surface area contributed by atoms with Crippen molar-refractivity contribution in [2.45, 2.75) is 46.3 Å². The molecule has 2 rings (SSSR count). The van der Waals surface area contributed by atoms with E-state index in [-0.39, 0.29) is 11.9 Å². The van der Waals surface area contributed by atoms with Gasteiger partial charge in [0.05, 0.1) is 13.2 Å². The Morgan fingerprint density at radius 2 is 1.79 bits per heavy atom. The molecule has 0 saturated carbocycles. The van der Waals surface area contributed by atoms with Crippen molar-refractivity contribution >= 4 is 5.91 Å². The number of hydrogen-bond donors (Lipinski definition) is 1. The molecule has 0 bridgehead atoms. The molecule has 0 aromatic heterocycles. The lowest BCUT2D eigenvalue weighted by Crippen LogP contribution is -2.35. The molecule has 1 amide bonds. The molecule has 1 N–H and O–H groups in total. The van der Waals surface area contributed by atoms with Crippen LogP contribution in [-0.4, -0.2) is 32.3 Å². The Labute approximate surface area is 168 Å². The van der Waals surface area contributed by atoms with Gasteiger partial charge in [0.15, 0.2) is 0 Å². The van der Waals surface area contributed by atoms with Crippen LogP contribution < -0.4 is 14.8 Å². The van der Waals surface area contributed by atoms with Gasteiger partial charge in [-0.05, 0) is 49.6 Å². The molecule has 0 fully saturated rings. The van der Waals surface area contributed by atoms with Crippen molar-refractivity contribution in [3.63, 3.8) is 0 Å². The molecule has 152 valence electrons. The minimum atomic E-state index is -0.142. The fourth-order valence-electron chi connectivity index (χ4n) is 2.97. The average Bonchev–Trinajstić information content (AvgIpc) is 2.67. The molecule has 5 heteroatoms. The Balaban J connectivity index is 2.20. The van der Waals surface area contributed by atoms with Gasteiger partial charge in [0.2, 0.25) is 0 Å². The van der Waals surface area contributed by atoms with E-state index in [1.807, 2.05) is 44.2 Å². The first-order chi connectivity index (χ1) is 13.5. The molecular weight excluding hydrogens is 354 g/mol. The second-order valence-electron chi connectivity index (χ2n) is 7.07. The molecule has 0 aliphatic carbocycles. The van der Waals surface area contributed by atoms with Crippen molar-refractivity contribution in [2.75, 3.05) is 20.3 Å². The van der Waals surface area contributed by atoms with E-state index in [1.165, 1.54) is 0 Å². The van der Waals surface area contributed by atoms with Gasteiger partial charge in [0.1, 0.15) is 18.1 Å². The van der Waals surface area contributed by atoms with Gasteiger partial charge >= 0.3 is 0 Å². The Bertz CT molecular complexity index is 773. The third-order valence-electron chi connectivity index (χ3n) is 4.34. The van der Waals surface area contributed by atoms with E-state index in [0.717, 1.165) is 22.6 Å². The first-order valence-corrected chi connectivity index (χ1v) is 9.73. The number of nitrogens with one attached hydrogen (secondary N) is 1. The third-order valence-corrected chi connectivity index (χ3v) is 4.34. The van der Waals surface area contributed by atoms with Gasteiger partial charge < -0.3 is 19.5 Å². The lowest BCUT2D eigenvalue weighted by Gasteiger charge is -2.17. The minimum Gasteiger partial charge on any atom is -0.493 e. The van der Waals surface area contributed by atoms with Crippen LogP contribution in [0.3, 0.4) is 0 Å². The lowest BCUT2D eigenvalue weighted by molar-refractivity contribution is 0.0905. The van der Waals surface area contributed by atoms with Crippen LogP contribution in [-0.2, 0) is 11.3 Å². The first kappa shape index (κ1) is 21.8. The van der Waals surface area contributed by atoms with Gasteiger partial charge in [-0.1, -0.05) is 32.0 Å². The zero-order valence-corrected chi connectivity index (χ0v) is 17.5. The predicted molar refractivity (Wildman–Crippen MR) is 111 cm³/mol. The molecule has 0 radical (unpaired) electrons. The van der Waals surface area contributed by atoms with Gasteiger partial charge in [0.25, 0.3) is 5.91 Å². The Morgan fingerprint density at radius 3 is 2.46 bits per heavy atom. The van der Waals surface area contributed by atoms with Crippen molar-refractivity contribution in [2.24, 2.45) is 0 Å². The van der Waals surface area contributed by atoms with E-state index >= 15 is 0 Å². The highest BCUT2D eigenvalue weighted by molar-refractivity contribution is 5.94. The summed E-state index contributed by atoms with van der Waals surface area (Å²) < 4.78 is 16.9. The fourth-order valence-corrected chi connectivity index (χ4v) is 2.97. The zero-order chi connectivity index (χ0) is 20.5. The second-order valence-corrected chi connectivity index (χ2v) is 7.07. The number of para-hydroxylation sites is 1. The molecule has 28 heavy (non-hydrogen) atoms. The van der Waals surface area contributed by atoms with Crippen molar-refractivity contribution < 1.29 is 19.0 Å². The Kier molecular flexibility index (Phi) is 8.33. The van der Waals surface area contributed by atoms with Crippen LogP contribution in [0.15, 0.2) is 42.5 Å². The van der Waals surface area contributed by atoms with E-state index < -0.39 is 0 Å². The summed E-state index contributed by atoms with van der Waals surface area (Å²) in [5, 5.41) is 2.93. The second kappa shape index (κ2) is 10.7. The summed E-state index contributed by atoms with van der Waals surface area (Å²) in [7, 11) is 1.62. The van der Waals surface area contributed by atoms with Crippen molar-refractivity contribution in [1.29, 1.82) is 0 Å². The Hall–Kier alpha value is -2.53. The molecule has 1 unspecified atom stereocenters. The topological polar surface area (TPSA) is 56.8 Å². The number of ether oxygens (including phenoxy) is 3. The average molecular weight is 386 g/mol. The molecule has 1 atom stereocenters. The number of methoxy groups -OCH3 is 1. The lowest BCUT2D eigenvalue weighted by atomic mass is 10.0. The molecule has 0 aliphatic heterocycles. The largest absolute Gasteiger partial charge is 0.493 e. The molecule has 0 heterocycles. The van der Waals surface area contributed by atoms with Crippen LogP contribution >= 0.6 is 0 Å². The number of amides is 1. The molecular formula is C23H31NO4. The van der Waals surface area contributed by atoms with E-state index in [2.05, 4.69) is 25.2 Å². The Morgan fingerprint density at radius 1 is 1.04 bits per heavy atom. The van der Waals surface area contributed by atoms with E-state index in [9.17, 15) is 4.79 Å². The van der Waals surface area contributed by atoms with Crippen molar-refractivity contribution in [1.82, 2.24) is 5.32 Å². The minimum absolute atomic E-state index is 0.0679. The van der Waals surface area contributed by atoms with E-state index in [0.29, 0.717) is 31.3 Å². The van der Waals surface area contributed by atoms with Crippen LogP contribution in [0.4, 0.5) is 0 Å². The van der Waals surface area contributed by atoms with Crippen LogP contribution in [0.25, 0.3) is 0 Å². The van der Waals surface area contributed by atoms with Crippen molar-refractivity contribution in [3.8, 4) is 11.5 Å². The van der Waals surface area contributed by atoms with Gasteiger partial charge in [-0.15, -0.1) is 0 Å². The molecule has 0 aliphatic rings. The van der Waals surface area contributed by atoms with Gasteiger partial charge in [-0.3, -0.25) is 4.79 Å². The summed E-state index contributed by atoms with van der Waals surface area (Å²) in [6.07, 6.45) is 0.